The van der Waals surface area contributed by atoms with Gasteiger partial charge in [0, 0.05) is 38.8 Å². The fourth-order valence-electron chi connectivity index (χ4n) is 2.38. The monoisotopic (exact) mass is 313 g/mol. The molecule has 0 saturated carbocycles. The molecule has 1 aromatic rings. The Morgan fingerprint density at radius 1 is 1.57 bits per heavy atom. The Morgan fingerprint density at radius 2 is 2.29 bits per heavy atom. The second kappa shape index (κ2) is 7.17. The number of carbonyl (C=O) groups is 1. The molecular weight excluding hydrogens is 294 g/mol. The van der Waals surface area contributed by atoms with E-state index in [9.17, 15) is 9.90 Å². The van der Waals surface area contributed by atoms with Crippen LogP contribution in [0.3, 0.4) is 0 Å². The number of amides is 1. The third-order valence-electron chi connectivity index (χ3n) is 3.43. The number of hydrogen-bond donors (Lipinski definition) is 2. The zero-order chi connectivity index (χ0) is 15.3. The van der Waals surface area contributed by atoms with Crippen molar-refractivity contribution in [1.82, 2.24) is 9.88 Å². The Balaban J connectivity index is 1.83. The number of rotatable bonds is 5. The van der Waals surface area contributed by atoms with Crippen LogP contribution in [0.4, 0.5) is 5.69 Å². The van der Waals surface area contributed by atoms with Crippen LogP contribution in [0.15, 0.2) is 18.3 Å². The Kier molecular flexibility index (Phi) is 5.52. The lowest BCUT2D eigenvalue weighted by atomic mass is 9.94. The van der Waals surface area contributed by atoms with Gasteiger partial charge in [0.1, 0.15) is 0 Å². The van der Waals surface area contributed by atoms with Crippen molar-refractivity contribution >= 4 is 23.2 Å². The number of anilines is 1. The van der Waals surface area contributed by atoms with Crippen molar-refractivity contribution in [2.75, 3.05) is 38.7 Å². The minimum absolute atomic E-state index is 0.175. The highest BCUT2D eigenvalue weighted by Crippen LogP contribution is 2.21. The number of pyridine rings is 1. The topological polar surface area (TPSA) is 74.7 Å². The third-order valence-corrected chi connectivity index (χ3v) is 3.74. The molecule has 2 heterocycles. The van der Waals surface area contributed by atoms with Gasteiger partial charge < -0.3 is 15.2 Å². The van der Waals surface area contributed by atoms with Crippen molar-refractivity contribution in [1.29, 1.82) is 0 Å². The molecular formula is C14H20ClN3O3. The first-order chi connectivity index (χ1) is 9.98. The normalized spacial score (nSPS) is 17.7. The summed E-state index contributed by atoms with van der Waals surface area (Å²) in [6, 6.07) is 3.40. The van der Waals surface area contributed by atoms with Gasteiger partial charge in [-0.25, -0.2) is 4.98 Å². The SMILES string of the molecule is CN(CC(=O)Nc1cccnc1Cl)CC1(O)CCOCC1. The first-order valence-corrected chi connectivity index (χ1v) is 7.25. The van der Waals surface area contributed by atoms with Crippen LogP contribution in [-0.4, -0.2) is 59.8 Å². The van der Waals surface area contributed by atoms with E-state index in [1.807, 2.05) is 0 Å². The van der Waals surface area contributed by atoms with Gasteiger partial charge in [-0.1, -0.05) is 11.6 Å². The predicted octanol–water partition coefficient (Wildman–Crippen LogP) is 1.15. The number of ether oxygens (including phenoxy) is 1. The van der Waals surface area contributed by atoms with Gasteiger partial charge in [-0.2, -0.15) is 0 Å². The molecule has 0 aromatic carbocycles. The van der Waals surface area contributed by atoms with E-state index in [1.165, 1.54) is 0 Å². The van der Waals surface area contributed by atoms with Gasteiger partial charge in [0.15, 0.2) is 5.15 Å². The number of aliphatic hydroxyl groups is 1. The van der Waals surface area contributed by atoms with E-state index < -0.39 is 5.60 Å². The van der Waals surface area contributed by atoms with Crippen LogP contribution in [0, 0.1) is 0 Å². The maximum Gasteiger partial charge on any atom is 0.238 e. The lowest BCUT2D eigenvalue weighted by Crippen LogP contribution is -2.47. The van der Waals surface area contributed by atoms with E-state index in [0.717, 1.165) is 0 Å². The van der Waals surface area contributed by atoms with E-state index >= 15 is 0 Å². The van der Waals surface area contributed by atoms with E-state index in [-0.39, 0.29) is 17.6 Å². The van der Waals surface area contributed by atoms with Crippen LogP contribution in [0.25, 0.3) is 0 Å². The number of halogens is 1. The molecule has 6 nitrogen and oxygen atoms in total. The minimum atomic E-state index is -0.779. The highest BCUT2D eigenvalue weighted by molar-refractivity contribution is 6.32. The molecule has 0 spiro atoms. The quantitative estimate of drug-likeness (QED) is 0.798. The molecule has 1 saturated heterocycles. The van der Waals surface area contributed by atoms with Crippen molar-refractivity contribution in [3.05, 3.63) is 23.5 Å². The predicted molar refractivity (Wildman–Crippen MR) is 80.4 cm³/mol. The van der Waals surface area contributed by atoms with Gasteiger partial charge in [0.25, 0.3) is 0 Å². The molecule has 1 amide bonds. The second-order valence-electron chi connectivity index (χ2n) is 5.40. The fourth-order valence-corrected chi connectivity index (χ4v) is 2.55. The summed E-state index contributed by atoms with van der Waals surface area (Å²) in [6.45, 7) is 1.72. The molecule has 0 bridgehead atoms. The zero-order valence-electron chi connectivity index (χ0n) is 12.0. The number of nitrogens with zero attached hydrogens (tertiary/aromatic N) is 2. The molecule has 0 atom stereocenters. The third kappa shape index (κ3) is 4.93. The maximum atomic E-state index is 12.0. The van der Waals surface area contributed by atoms with E-state index in [0.29, 0.717) is 38.3 Å². The molecule has 21 heavy (non-hydrogen) atoms. The van der Waals surface area contributed by atoms with Crippen LogP contribution < -0.4 is 5.32 Å². The lowest BCUT2D eigenvalue weighted by Gasteiger charge is -2.35. The standard InChI is InChI=1S/C14H20ClN3O3/c1-18(10-14(20)4-7-21-8-5-14)9-12(19)17-11-3-2-6-16-13(11)15/h2-3,6,20H,4-5,7-10H2,1H3,(H,17,19). The highest BCUT2D eigenvalue weighted by atomic mass is 35.5. The van der Waals surface area contributed by atoms with Crippen molar-refractivity contribution in [3.63, 3.8) is 0 Å². The number of nitrogens with one attached hydrogen (secondary N) is 1. The summed E-state index contributed by atoms with van der Waals surface area (Å²) < 4.78 is 5.24. The van der Waals surface area contributed by atoms with Crippen LogP contribution in [0.5, 0.6) is 0 Å². The zero-order valence-corrected chi connectivity index (χ0v) is 12.8. The molecule has 0 unspecified atom stereocenters. The van der Waals surface area contributed by atoms with E-state index in [4.69, 9.17) is 16.3 Å². The Bertz CT molecular complexity index is 492. The van der Waals surface area contributed by atoms with Crippen LogP contribution in [0.1, 0.15) is 12.8 Å². The first-order valence-electron chi connectivity index (χ1n) is 6.88. The summed E-state index contributed by atoms with van der Waals surface area (Å²) in [5.41, 5.74) is -0.290. The van der Waals surface area contributed by atoms with E-state index in [2.05, 4.69) is 10.3 Å². The Morgan fingerprint density at radius 3 is 2.95 bits per heavy atom. The van der Waals surface area contributed by atoms with Crippen LogP contribution >= 0.6 is 11.6 Å². The van der Waals surface area contributed by atoms with Gasteiger partial charge >= 0.3 is 0 Å². The first kappa shape index (κ1) is 16.2. The van der Waals surface area contributed by atoms with Gasteiger partial charge in [0.2, 0.25) is 5.91 Å². The molecule has 1 aliphatic heterocycles. The van der Waals surface area contributed by atoms with Crippen molar-refractivity contribution in [2.24, 2.45) is 0 Å². The van der Waals surface area contributed by atoms with Gasteiger partial charge in [0.05, 0.1) is 17.8 Å². The van der Waals surface area contributed by atoms with Gasteiger partial charge in [-0.15, -0.1) is 0 Å². The molecule has 2 rings (SSSR count). The molecule has 0 aliphatic carbocycles. The summed E-state index contributed by atoms with van der Waals surface area (Å²) in [5, 5.41) is 13.4. The summed E-state index contributed by atoms with van der Waals surface area (Å²) in [4.78, 5) is 17.7. The van der Waals surface area contributed by atoms with Crippen LogP contribution in [0.2, 0.25) is 5.15 Å². The summed E-state index contributed by atoms with van der Waals surface area (Å²) in [6.07, 6.45) is 2.74. The minimum Gasteiger partial charge on any atom is -0.388 e. The summed E-state index contributed by atoms with van der Waals surface area (Å²) in [5.74, 6) is -0.192. The largest absolute Gasteiger partial charge is 0.388 e. The average molecular weight is 314 g/mol. The van der Waals surface area contributed by atoms with E-state index in [1.54, 1.807) is 30.3 Å². The average Bonchev–Trinajstić information content (AvgIpc) is 2.41. The van der Waals surface area contributed by atoms with Gasteiger partial charge in [-0.3, -0.25) is 9.69 Å². The number of carbonyl (C=O) groups excluding carboxylic acids is 1. The molecule has 1 fully saturated rings. The van der Waals surface area contributed by atoms with Crippen molar-refractivity contribution in [2.45, 2.75) is 18.4 Å². The van der Waals surface area contributed by atoms with Gasteiger partial charge in [-0.05, 0) is 19.2 Å². The van der Waals surface area contributed by atoms with Crippen molar-refractivity contribution < 1.29 is 14.6 Å². The molecule has 0 radical (unpaired) electrons. The molecule has 7 heteroatoms. The number of hydrogen-bond acceptors (Lipinski definition) is 5. The smallest absolute Gasteiger partial charge is 0.238 e. The molecule has 1 aliphatic rings. The molecule has 2 N–H and O–H groups in total. The molecule has 1 aromatic heterocycles. The number of likely N-dealkylation sites (N-methyl/N-ethyl adjacent to an activating group) is 1. The van der Waals surface area contributed by atoms with Crippen molar-refractivity contribution in [3.8, 4) is 0 Å². The summed E-state index contributed by atoms with van der Waals surface area (Å²) >= 11 is 5.89. The Labute approximate surface area is 129 Å². The fraction of sp³-hybridized carbons (Fsp3) is 0.571. The maximum absolute atomic E-state index is 12.0. The highest BCUT2D eigenvalue weighted by Gasteiger charge is 2.31. The summed E-state index contributed by atoms with van der Waals surface area (Å²) in [7, 11) is 1.80. The molecule has 116 valence electrons. The van der Waals surface area contributed by atoms with Crippen LogP contribution in [-0.2, 0) is 9.53 Å². The lowest BCUT2D eigenvalue weighted by molar-refractivity contribution is -0.118. The number of aromatic nitrogens is 1. The second-order valence-corrected chi connectivity index (χ2v) is 5.76. The Hall–Kier alpha value is -1.21.